The number of aromatic nitrogens is 1. The lowest BCUT2D eigenvalue weighted by Crippen LogP contribution is -2.48. The fourth-order valence-electron chi connectivity index (χ4n) is 2.88. The molecule has 7 heteroatoms. The van der Waals surface area contributed by atoms with Crippen molar-refractivity contribution in [2.45, 2.75) is 34.1 Å². The minimum Gasteiger partial charge on any atom is -0.366 e. The highest BCUT2D eigenvalue weighted by atomic mass is 16.1. The molecule has 1 aromatic heterocycles. The molecule has 2 N–H and O–H groups in total. The predicted octanol–water partition coefficient (Wildman–Crippen LogP) is 2.55. The molecule has 28 heavy (non-hydrogen) atoms. The minimum absolute atomic E-state index is 0.0302. The molecular weight excluding hydrogens is 354 g/mol. The molecule has 150 valence electrons. The van der Waals surface area contributed by atoms with E-state index in [2.05, 4.69) is 21.7 Å². The third-order valence-electron chi connectivity index (χ3n) is 4.80. The lowest BCUT2D eigenvalue weighted by Gasteiger charge is -2.36. The van der Waals surface area contributed by atoms with Gasteiger partial charge in [0.15, 0.2) is 5.78 Å². The Hall–Kier alpha value is -2.96. The third-order valence-corrected chi connectivity index (χ3v) is 4.80. The molecule has 0 bridgehead atoms. The van der Waals surface area contributed by atoms with E-state index >= 15 is 0 Å². The SMILES string of the molecule is CC/C=C\C(N=C(C)N1CCN(c2ccc(C(N)=O)cn2)CC1)=C(/C)C(C)=O. The van der Waals surface area contributed by atoms with Gasteiger partial charge in [-0.25, -0.2) is 9.98 Å². The monoisotopic (exact) mass is 383 g/mol. The standard InChI is InChI=1S/C21H29N5O2/c1-5-6-7-19(15(2)16(3)27)24-17(4)25-10-12-26(13-11-25)20-9-8-18(14-23-20)21(22)28/h6-9,14H,5,10-13H2,1-4H3,(H2,22,28)/b7-6-,19-15-,24-17?. The van der Waals surface area contributed by atoms with Crippen LogP contribution in [-0.4, -0.2) is 53.6 Å². The molecular formula is C21H29N5O2. The van der Waals surface area contributed by atoms with Crippen LogP contribution >= 0.6 is 0 Å². The van der Waals surface area contributed by atoms with Crippen LogP contribution in [0.15, 0.2) is 46.7 Å². The summed E-state index contributed by atoms with van der Waals surface area (Å²) in [5.41, 5.74) is 7.06. The first-order chi connectivity index (χ1) is 13.3. The van der Waals surface area contributed by atoms with Crippen molar-refractivity contribution >= 4 is 23.3 Å². The Morgan fingerprint density at radius 2 is 1.86 bits per heavy atom. The van der Waals surface area contributed by atoms with Crippen molar-refractivity contribution in [2.75, 3.05) is 31.1 Å². The molecule has 1 saturated heterocycles. The second kappa shape index (κ2) is 9.82. The number of Topliss-reactive ketones (excluding diaryl/α,β-unsaturated/α-hetero) is 1. The molecule has 1 aliphatic rings. The number of pyridine rings is 1. The van der Waals surface area contributed by atoms with Gasteiger partial charge in [0.2, 0.25) is 5.91 Å². The van der Waals surface area contributed by atoms with Gasteiger partial charge in [0, 0.05) is 37.9 Å². The Labute approximate surface area is 166 Å². The van der Waals surface area contributed by atoms with Gasteiger partial charge in [0.1, 0.15) is 11.7 Å². The zero-order valence-corrected chi connectivity index (χ0v) is 17.1. The van der Waals surface area contributed by atoms with Crippen molar-refractivity contribution in [1.29, 1.82) is 0 Å². The summed E-state index contributed by atoms with van der Waals surface area (Å²) in [7, 11) is 0. The van der Waals surface area contributed by atoms with Crippen LogP contribution in [0, 0.1) is 0 Å². The predicted molar refractivity (Wildman–Crippen MR) is 112 cm³/mol. The maximum atomic E-state index is 11.8. The summed E-state index contributed by atoms with van der Waals surface area (Å²) in [5.74, 6) is 1.28. The fraction of sp³-hybridized carbons (Fsp3) is 0.429. The molecule has 0 aromatic carbocycles. The maximum absolute atomic E-state index is 11.8. The average molecular weight is 383 g/mol. The first-order valence-corrected chi connectivity index (χ1v) is 9.52. The molecule has 1 aliphatic heterocycles. The van der Waals surface area contributed by atoms with Crippen LogP contribution in [0.3, 0.4) is 0 Å². The lowest BCUT2D eigenvalue weighted by molar-refractivity contribution is -0.113. The summed E-state index contributed by atoms with van der Waals surface area (Å²) in [6.07, 6.45) is 6.33. The van der Waals surface area contributed by atoms with Crippen LogP contribution < -0.4 is 10.6 Å². The van der Waals surface area contributed by atoms with E-state index in [-0.39, 0.29) is 5.78 Å². The molecule has 0 spiro atoms. The zero-order valence-electron chi connectivity index (χ0n) is 17.1. The molecule has 7 nitrogen and oxygen atoms in total. The zero-order chi connectivity index (χ0) is 20.7. The van der Waals surface area contributed by atoms with Crippen molar-refractivity contribution in [1.82, 2.24) is 9.88 Å². The highest BCUT2D eigenvalue weighted by molar-refractivity contribution is 5.94. The molecule has 0 saturated carbocycles. The van der Waals surface area contributed by atoms with E-state index in [0.717, 1.165) is 50.0 Å². The van der Waals surface area contributed by atoms with Crippen molar-refractivity contribution in [2.24, 2.45) is 10.7 Å². The number of ketones is 1. The van der Waals surface area contributed by atoms with E-state index in [4.69, 9.17) is 10.7 Å². The Kier molecular flexibility index (Phi) is 7.49. The van der Waals surface area contributed by atoms with E-state index in [9.17, 15) is 9.59 Å². The van der Waals surface area contributed by atoms with E-state index in [1.807, 2.05) is 32.1 Å². The summed E-state index contributed by atoms with van der Waals surface area (Å²) < 4.78 is 0. The normalized spacial score (nSPS) is 16.4. The number of carbonyl (C=O) groups excluding carboxylic acids is 2. The number of amides is 1. The van der Waals surface area contributed by atoms with Crippen molar-refractivity contribution in [3.63, 3.8) is 0 Å². The van der Waals surface area contributed by atoms with Gasteiger partial charge in [-0.2, -0.15) is 0 Å². The van der Waals surface area contributed by atoms with Crippen LogP contribution in [0.25, 0.3) is 0 Å². The van der Waals surface area contributed by atoms with E-state index in [1.54, 1.807) is 13.0 Å². The average Bonchev–Trinajstić information content (AvgIpc) is 2.70. The number of nitrogens with zero attached hydrogens (tertiary/aromatic N) is 4. The van der Waals surface area contributed by atoms with Gasteiger partial charge < -0.3 is 15.5 Å². The van der Waals surface area contributed by atoms with Crippen LogP contribution in [-0.2, 0) is 4.79 Å². The number of amidine groups is 1. The van der Waals surface area contributed by atoms with Gasteiger partial charge >= 0.3 is 0 Å². The van der Waals surface area contributed by atoms with Crippen LogP contribution in [0.1, 0.15) is 44.5 Å². The van der Waals surface area contributed by atoms with E-state index in [0.29, 0.717) is 11.1 Å². The fourth-order valence-corrected chi connectivity index (χ4v) is 2.88. The molecule has 2 heterocycles. The minimum atomic E-state index is -0.474. The third kappa shape index (κ3) is 5.52. The maximum Gasteiger partial charge on any atom is 0.250 e. The molecule has 1 amide bonds. The first-order valence-electron chi connectivity index (χ1n) is 9.52. The highest BCUT2D eigenvalue weighted by Gasteiger charge is 2.19. The number of anilines is 1. The van der Waals surface area contributed by atoms with E-state index < -0.39 is 5.91 Å². The Balaban J connectivity index is 2.07. The van der Waals surface area contributed by atoms with Crippen LogP contribution in [0.2, 0.25) is 0 Å². The summed E-state index contributed by atoms with van der Waals surface area (Å²) in [5, 5.41) is 0. The first kappa shape index (κ1) is 21.3. The Morgan fingerprint density at radius 3 is 2.36 bits per heavy atom. The Morgan fingerprint density at radius 1 is 1.18 bits per heavy atom. The number of nitrogens with two attached hydrogens (primary N) is 1. The molecule has 0 radical (unpaired) electrons. The number of piperazine rings is 1. The highest BCUT2D eigenvalue weighted by Crippen LogP contribution is 2.16. The number of hydrogen-bond donors (Lipinski definition) is 1. The van der Waals surface area contributed by atoms with Crippen molar-refractivity contribution in [3.8, 4) is 0 Å². The van der Waals surface area contributed by atoms with Gasteiger partial charge in [0.05, 0.1) is 11.3 Å². The largest absolute Gasteiger partial charge is 0.366 e. The molecule has 1 fully saturated rings. The number of hydrogen-bond acceptors (Lipinski definition) is 5. The second-order valence-electron chi connectivity index (χ2n) is 6.78. The van der Waals surface area contributed by atoms with Gasteiger partial charge in [0.25, 0.3) is 0 Å². The summed E-state index contributed by atoms with van der Waals surface area (Å²) >= 11 is 0. The molecule has 2 rings (SSSR count). The van der Waals surface area contributed by atoms with Crippen LogP contribution in [0.4, 0.5) is 5.82 Å². The van der Waals surface area contributed by atoms with Crippen molar-refractivity contribution < 1.29 is 9.59 Å². The van der Waals surface area contributed by atoms with Crippen LogP contribution in [0.5, 0.6) is 0 Å². The van der Waals surface area contributed by atoms with E-state index in [1.165, 1.54) is 6.20 Å². The molecule has 0 aliphatic carbocycles. The smallest absolute Gasteiger partial charge is 0.250 e. The second-order valence-corrected chi connectivity index (χ2v) is 6.78. The quantitative estimate of drug-likeness (QED) is 0.353. The number of primary amides is 1. The number of aliphatic imine (C=N–C) groups is 1. The summed E-state index contributed by atoms with van der Waals surface area (Å²) in [6, 6.07) is 3.52. The van der Waals surface area contributed by atoms with Gasteiger partial charge in [-0.05, 0) is 45.4 Å². The van der Waals surface area contributed by atoms with Crippen molar-refractivity contribution in [3.05, 3.63) is 47.3 Å². The molecule has 0 unspecified atom stereocenters. The number of allylic oxidation sites excluding steroid dienone is 3. The van der Waals surface area contributed by atoms with Gasteiger partial charge in [-0.1, -0.05) is 13.0 Å². The lowest BCUT2D eigenvalue weighted by atomic mass is 10.1. The Bertz CT molecular complexity index is 801. The molecule has 1 aromatic rings. The molecule has 0 atom stereocenters. The summed E-state index contributed by atoms with van der Waals surface area (Å²) in [4.78, 5) is 36.4. The van der Waals surface area contributed by atoms with Gasteiger partial charge in [-0.15, -0.1) is 0 Å². The number of rotatable bonds is 6. The summed E-state index contributed by atoms with van der Waals surface area (Å²) in [6.45, 7) is 10.6. The van der Waals surface area contributed by atoms with Gasteiger partial charge in [-0.3, -0.25) is 9.59 Å². The number of carbonyl (C=O) groups is 2. The topological polar surface area (TPSA) is 91.9 Å².